The molecule has 0 saturated heterocycles. The van der Waals surface area contributed by atoms with Gasteiger partial charge in [0.2, 0.25) is 0 Å². The van der Waals surface area contributed by atoms with Crippen molar-refractivity contribution in [1.29, 1.82) is 0 Å². The molecule has 0 spiro atoms. The number of carbonyl (C=O) groups excluding carboxylic acids is 2. The zero-order valence-corrected chi connectivity index (χ0v) is 10.6. The Balaban J connectivity index is 2.55. The summed E-state index contributed by atoms with van der Waals surface area (Å²) in [5, 5.41) is 0. The number of ketones is 1. The Hall–Kier alpha value is -1.64. The molecule has 0 radical (unpaired) electrons. The van der Waals surface area contributed by atoms with E-state index in [9.17, 15) is 9.59 Å². The lowest BCUT2D eigenvalue weighted by Crippen LogP contribution is -2.05. The van der Waals surface area contributed by atoms with Crippen LogP contribution in [0.25, 0.3) is 0 Å². The molecule has 1 aromatic rings. The number of hydrogen-bond acceptors (Lipinski definition) is 3. The number of ether oxygens (including phenoxy) is 1. The van der Waals surface area contributed by atoms with Gasteiger partial charge in [0, 0.05) is 18.4 Å². The highest BCUT2D eigenvalue weighted by Gasteiger charge is 2.10. The average molecular weight is 234 g/mol. The van der Waals surface area contributed by atoms with Gasteiger partial charge in [-0.3, -0.25) is 9.59 Å². The number of esters is 1. The van der Waals surface area contributed by atoms with Gasteiger partial charge >= 0.3 is 5.97 Å². The third-order valence-corrected chi connectivity index (χ3v) is 2.69. The van der Waals surface area contributed by atoms with E-state index in [1.54, 1.807) is 0 Å². The van der Waals surface area contributed by atoms with Crippen LogP contribution in [-0.4, -0.2) is 18.9 Å². The number of benzene rings is 1. The topological polar surface area (TPSA) is 43.4 Å². The van der Waals surface area contributed by atoms with Crippen LogP contribution in [0.1, 0.15) is 40.7 Å². The van der Waals surface area contributed by atoms with E-state index >= 15 is 0 Å². The van der Waals surface area contributed by atoms with Crippen molar-refractivity contribution in [2.24, 2.45) is 0 Å². The number of rotatable bonds is 5. The Labute approximate surface area is 102 Å². The maximum absolute atomic E-state index is 11.9. The van der Waals surface area contributed by atoms with Gasteiger partial charge in [-0.2, -0.15) is 0 Å². The second-order valence-electron chi connectivity index (χ2n) is 4.17. The molecule has 3 heteroatoms. The molecule has 0 aliphatic carbocycles. The smallest absolute Gasteiger partial charge is 0.305 e. The molecule has 0 bridgehead atoms. The molecule has 92 valence electrons. The van der Waals surface area contributed by atoms with Gasteiger partial charge in [0.25, 0.3) is 0 Å². The first-order valence-corrected chi connectivity index (χ1v) is 5.72. The van der Waals surface area contributed by atoms with E-state index in [4.69, 9.17) is 0 Å². The zero-order valence-electron chi connectivity index (χ0n) is 10.6. The molecule has 0 atom stereocenters. The van der Waals surface area contributed by atoms with Crippen LogP contribution >= 0.6 is 0 Å². The van der Waals surface area contributed by atoms with Crippen molar-refractivity contribution in [2.45, 2.75) is 33.1 Å². The standard InChI is InChI=1S/C14H18O3/c1-10-7-8-12(11(2)9-10)13(15)5-4-6-14(16)17-3/h7-9H,4-6H2,1-3H3. The van der Waals surface area contributed by atoms with E-state index < -0.39 is 0 Å². The predicted octanol–water partition coefficient (Wildman–Crippen LogP) is 2.83. The maximum Gasteiger partial charge on any atom is 0.305 e. The highest BCUT2D eigenvalue weighted by molar-refractivity contribution is 5.97. The minimum atomic E-state index is -0.265. The molecule has 1 rings (SSSR count). The van der Waals surface area contributed by atoms with E-state index in [1.807, 2.05) is 32.0 Å². The number of hydrogen-bond donors (Lipinski definition) is 0. The highest BCUT2D eigenvalue weighted by Crippen LogP contribution is 2.14. The molecule has 0 aliphatic heterocycles. The van der Waals surface area contributed by atoms with Gasteiger partial charge in [0.1, 0.15) is 0 Å². The third-order valence-electron chi connectivity index (χ3n) is 2.69. The molecule has 17 heavy (non-hydrogen) atoms. The monoisotopic (exact) mass is 234 g/mol. The molecule has 0 fully saturated rings. The lowest BCUT2D eigenvalue weighted by atomic mass is 9.99. The first-order valence-electron chi connectivity index (χ1n) is 5.72. The Bertz CT molecular complexity index is 421. The van der Waals surface area contributed by atoms with Crippen LogP contribution in [0.3, 0.4) is 0 Å². The Kier molecular flexibility index (Phi) is 4.88. The molecule has 3 nitrogen and oxygen atoms in total. The van der Waals surface area contributed by atoms with E-state index in [0.29, 0.717) is 19.3 Å². The summed E-state index contributed by atoms with van der Waals surface area (Å²) in [6.45, 7) is 3.93. The van der Waals surface area contributed by atoms with Crippen molar-refractivity contribution >= 4 is 11.8 Å². The van der Waals surface area contributed by atoms with Gasteiger partial charge in [-0.05, 0) is 25.8 Å². The van der Waals surface area contributed by atoms with E-state index in [-0.39, 0.29) is 11.8 Å². The number of methoxy groups -OCH3 is 1. The zero-order chi connectivity index (χ0) is 12.8. The largest absolute Gasteiger partial charge is 0.469 e. The molecule has 0 unspecified atom stereocenters. The third kappa shape index (κ3) is 4.02. The van der Waals surface area contributed by atoms with Gasteiger partial charge in [-0.15, -0.1) is 0 Å². The maximum atomic E-state index is 11.9. The Morgan fingerprint density at radius 1 is 1.18 bits per heavy atom. The fourth-order valence-corrected chi connectivity index (χ4v) is 1.76. The van der Waals surface area contributed by atoms with Crippen molar-refractivity contribution in [2.75, 3.05) is 7.11 Å². The molecule has 1 aromatic carbocycles. The SMILES string of the molecule is COC(=O)CCCC(=O)c1ccc(C)cc1C. The van der Waals surface area contributed by atoms with Gasteiger partial charge in [-0.25, -0.2) is 0 Å². The minimum absolute atomic E-state index is 0.0893. The molecule has 0 amide bonds. The summed E-state index contributed by atoms with van der Waals surface area (Å²) in [5.74, 6) is -0.176. The predicted molar refractivity (Wildman–Crippen MR) is 66.1 cm³/mol. The first kappa shape index (κ1) is 13.4. The Morgan fingerprint density at radius 2 is 1.88 bits per heavy atom. The molecule has 0 heterocycles. The van der Waals surface area contributed by atoms with E-state index in [1.165, 1.54) is 7.11 Å². The fraction of sp³-hybridized carbons (Fsp3) is 0.429. The summed E-state index contributed by atoms with van der Waals surface area (Å²) in [5.41, 5.74) is 2.89. The highest BCUT2D eigenvalue weighted by atomic mass is 16.5. The second-order valence-corrected chi connectivity index (χ2v) is 4.17. The average Bonchev–Trinajstić information content (AvgIpc) is 2.28. The summed E-state index contributed by atoms with van der Waals surface area (Å²) in [4.78, 5) is 22.8. The van der Waals surface area contributed by atoms with Crippen LogP contribution in [0, 0.1) is 13.8 Å². The van der Waals surface area contributed by atoms with Gasteiger partial charge < -0.3 is 4.74 Å². The molecule has 0 aliphatic rings. The summed E-state index contributed by atoms with van der Waals surface area (Å²) in [6.07, 6.45) is 1.23. The summed E-state index contributed by atoms with van der Waals surface area (Å²) < 4.78 is 4.53. The van der Waals surface area contributed by atoms with Gasteiger partial charge in [0.15, 0.2) is 5.78 Å². The summed E-state index contributed by atoms with van der Waals surface area (Å²) in [6, 6.07) is 5.78. The van der Waals surface area contributed by atoms with Crippen LogP contribution in [0.2, 0.25) is 0 Å². The van der Waals surface area contributed by atoms with Crippen molar-refractivity contribution < 1.29 is 14.3 Å². The fourth-order valence-electron chi connectivity index (χ4n) is 1.76. The minimum Gasteiger partial charge on any atom is -0.469 e. The quantitative estimate of drug-likeness (QED) is 0.581. The lowest BCUT2D eigenvalue weighted by molar-refractivity contribution is -0.140. The van der Waals surface area contributed by atoms with Crippen LogP contribution in [0.4, 0.5) is 0 Å². The van der Waals surface area contributed by atoms with Crippen molar-refractivity contribution in [3.63, 3.8) is 0 Å². The summed E-state index contributed by atoms with van der Waals surface area (Å²) >= 11 is 0. The molecule has 0 aromatic heterocycles. The summed E-state index contributed by atoms with van der Waals surface area (Å²) in [7, 11) is 1.36. The van der Waals surface area contributed by atoms with E-state index in [2.05, 4.69) is 4.74 Å². The Morgan fingerprint density at radius 3 is 2.47 bits per heavy atom. The lowest BCUT2D eigenvalue weighted by Gasteiger charge is -2.05. The normalized spacial score (nSPS) is 10.1. The second kappa shape index (κ2) is 6.18. The van der Waals surface area contributed by atoms with Gasteiger partial charge in [-0.1, -0.05) is 23.8 Å². The van der Waals surface area contributed by atoms with Crippen molar-refractivity contribution in [3.05, 3.63) is 34.9 Å². The molecule has 0 N–H and O–H groups in total. The first-order chi connectivity index (χ1) is 8.04. The van der Waals surface area contributed by atoms with Gasteiger partial charge in [0.05, 0.1) is 7.11 Å². The van der Waals surface area contributed by atoms with E-state index in [0.717, 1.165) is 16.7 Å². The van der Waals surface area contributed by atoms with Crippen LogP contribution in [0.5, 0.6) is 0 Å². The number of aryl methyl sites for hydroxylation is 2. The molecule has 0 saturated carbocycles. The number of Topliss-reactive ketones (excluding diaryl/α,β-unsaturated/α-hetero) is 1. The molecular formula is C14H18O3. The van der Waals surface area contributed by atoms with Crippen molar-refractivity contribution in [1.82, 2.24) is 0 Å². The van der Waals surface area contributed by atoms with Crippen LogP contribution in [-0.2, 0) is 9.53 Å². The van der Waals surface area contributed by atoms with Crippen LogP contribution in [0.15, 0.2) is 18.2 Å². The van der Waals surface area contributed by atoms with Crippen molar-refractivity contribution in [3.8, 4) is 0 Å². The number of carbonyl (C=O) groups is 2. The van der Waals surface area contributed by atoms with Crippen LogP contribution < -0.4 is 0 Å². The molecular weight excluding hydrogens is 216 g/mol.